The first-order valence-corrected chi connectivity index (χ1v) is 4.87. The average Bonchev–Trinajstić information content (AvgIpc) is 2.29. The smallest absolute Gasteiger partial charge is 0.239 e. The number of anilines is 1. The molecule has 0 spiro atoms. The van der Waals surface area contributed by atoms with Crippen LogP contribution < -0.4 is 10.2 Å². The fourth-order valence-electron chi connectivity index (χ4n) is 1.53. The predicted octanol–water partition coefficient (Wildman–Crippen LogP) is -0.490. The molecule has 2 N–H and O–H groups in total. The molecule has 0 aromatic carbocycles. The molecule has 1 aliphatic rings. The lowest BCUT2D eigenvalue weighted by Crippen LogP contribution is -2.48. The van der Waals surface area contributed by atoms with Crippen molar-refractivity contribution < 1.29 is 9.90 Å². The van der Waals surface area contributed by atoms with Crippen LogP contribution in [0.25, 0.3) is 0 Å². The van der Waals surface area contributed by atoms with Crippen LogP contribution in [0.2, 0.25) is 0 Å². The van der Waals surface area contributed by atoms with Crippen LogP contribution in [0.5, 0.6) is 0 Å². The molecule has 2 rings (SSSR count). The molecule has 1 amide bonds. The Morgan fingerprint density at radius 3 is 3.00 bits per heavy atom. The first-order valence-electron chi connectivity index (χ1n) is 4.87. The Morgan fingerprint density at radius 1 is 1.53 bits per heavy atom. The highest BCUT2D eigenvalue weighted by atomic mass is 16.3. The molecule has 1 saturated heterocycles. The van der Waals surface area contributed by atoms with Gasteiger partial charge in [-0.1, -0.05) is 6.07 Å². The first kappa shape index (κ1) is 9.92. The van der Waals surface area contributed by atoms with Gasteiger partial charge in [0.05, 0.1) is 13.2 Å². The van der Waals surface area contributed by atoms with E-state index in [1.54, 1.807) is 6.20 Å². The summed E-state index contributed by atoms with van der Waals surface area (Å²) in [6.07, 6.45) is 1.63. The number of nitrogens with zero attached hydrogens (tertiary/aromatic N) is 2. The molecule has 0 radical (unpaired) electrons. The lowest BCUT2D eigenvalue weighted by atomic mass is 10.3. The number of rotatable bonds is 2. The molecule has 2 heterocycles. The standard InChI is InChI=1S/C10H13N3O2/c14-7-8-1-2-9(12-5-8)13-4-3-11-10(15)6-13/h1-2,5,14H,3-4,6-7H2,(H,11,15). The van der Waals surface area contributed by atoms with Gasteiger partial charge in [0.15, 0.2) is 0 Å². The van der Waals surface area contributed by atoms with E-state index in [2.05, 4.69) is 10.3 Å². The molecular weight excluding hydrogens is 194 g/mol. The number of hydrogen-bond acceptors (Lipinski definition) is 4. The monoisotopic (exact) mass is 207 g/mol. The van der Waals surface area contributed by atoms with Gasteiger partial charge in [0.25, 0.3) is 0 Å². The number of pyridine rings is 1. The number of hydrogen-bond donors (Lipinski definition) is 2. The molecule has 1 aromatic heterocycles. The van der Waals surface area contributed by atoms with Crippen LogP contribution in [0.1, 0.15) is 5.56 Å². The summed E-state index contributed by atoms with van der Waals surface area (Å²) >= 11 is 0. The topological polar surface area (TPSA) is 65.5 Å². The number of piperazine rings is 1. The average molecular weight is 207 g/mol. The molecule has 1 aromatic rings. The molecule has 0 saturated carbocycles. The van der Waals surface area contributed by atoms with Crippen molar-refractivity contribution in [3.63, 3.8) is 0 Å². The molecule has 5 heteroatoms. The Balaban J connectivity index is 2.11. The molecular formula is C10H13N3O2. The Labute approximate surface area is 87.7 Å². The van der Waals surface area contributed by atoms with Gasteiger partial charge in [-0.15, -0.1) is 0 Å². The van der Waals surface area contributed by atoms with E-state index in [0.29, 0.717) is 13.1 Å². The van der Waals surface area contributed by atoms with Crippen molar-refractivity contribution in [1.29, 1.82) is 0 Å². The Morgan fingerprint density at radius 2 is 2.40 bits per heavy atom. The van der Waals surface area contributed by atoms with Crippen LogP contribution in [0.3, 0.4) is 0 Å². The fourth-order valence-corrected chi connectivity index (χ4v) is 1.53. The van der Waals surface area contributed by atoms with Crippen molar-refractivity contribution in [3.05, 3.63) is 23.9 Å². The van der Waals surface area contributed by atoms with E-state index in [9.17, 15) is 4.79 Å². The lowest BCUT2D eigenvalue weighted by Gasteiger charge is -2.27. The zero-order chi connectivity index (χ0) is 10.7. The van der Waals surface area contributed by atoms with Gasteiger partial charge in [-0.2, -0.15) is 0 Å². The fraction of sp³-hybridized carbons (Fsp3) is 0.400. The summed E-state index contributed by atoms with van der Waals surface area (Å²) in [5.41, 5.74) is 0.778. The van der Waals surface area contributed by atoms with E-state index < -0.39 is 0 Å². The third-order valence-corrected chi connectivity index (χ3v) is 2.35. The summed E-state index contributed by atoms with van der Waals surface area (Å²) in [4.78, 5) is 17.3. The number of aliphatic hydroxyl groups excluding tert-OH is 1. The number of carbonyl (C=O) groups excluding carboxylic acids is 1. The second-order valence-electron chi connectivity index (χ2n) is 3.45. The van der Waals surface area contributed by atoms with E-state index >= 15 is 0 Å². The number of amides is 1. The second-order valence-corrected chi connectivity index (χ2v) is 3.45. The van der Waals surface area contributed by atoms with E-state index in [-0.39, 0.29) is 12.5 Å². The van der Waals surface area contributed by atoms with Crippen molar-refractivity contribution in [2.45, 2.75) is 6.61 Å². The van der Waals surface area contributed by atoms with E-state index in [1.165, 1.54) is 0 Å². The van der Waals surface area contributed by atoms with Crippen molar-refractivity contribution in [2.75, 3.05) is 24.5 Å². The first-order chi connectivity index (χ1) is 7.29. The summed E-state index contributed by atoms with van der Waals surface area (Å²) in [6, 6.07) is 3.64. The molecule has 0 atom stereocenters. The number of aliphatic hydroxyl groups is 1. The minimum Gasteiger partial charge on any atom is -0.392 e. The highest BCUT2D eigenvalue weighted by molar-refractivity contribution is 5.82. The maximum absolute atomic E-state index is 11.1. The van der Waals surface area contributed by atoms with Crippen molar-refractivity contribution in [2.24, 2.45) is 0 Å². The highest BCUT2D eigenvalue weighted by Gasteiger charge is 2.16. The zero-order valence-corrected chi connectivity index (χ0v) is 8.31. The van der Waals surface area contributed by atoms with E-state index in [4.69, 9.17) is 5.11 Å². The van der Waals surface area contributed by atoms with Gasteiger partial charge in [-0.25, -0.2) is 4.98 Å². The molecule has 1 fully saturated rings. The molecule has 0 unspecified atom stereocenters. The van der Waals surface area contributed by atoms with Gasteiger partial charge in [-0.05, 0) is 11.6 Å². The van der Waals surface area contributed by atoms with Crippen molar-refractivity contribution in [1.82, 2.24) is 10.3 Å². The maximum atomic E-state index is 11.1. The van der Waals surface area contributed by atoms with E-state index in [1.807, 2.05) is 17.0 Å². The van der Waals surface area contributed by atoms with Crippen molar-refractivity contribution >= 4 is 11.7 Å². The Kier molecular flexibility index (Phi) is 2.82. The number of carbonyl (C=O) groups is 1. The molecule has 0 aliphatic carbocycles. The van der Waals surface area contributed by atoms with Crippen LogP contribution in [0.4, 0.5) is 5.82 Å². The Bertz CT molecular complexity index is 350. The van der Waals surface area contributed by atoms with Gasteiger partial charge in [0.1, 0.15) is 5.82 Å². The van der Waals surface area contributed by atoms with Crippen molar-refractivity contribution in [3.8, 4) is 0 Å². The summed E-state index contributed by atoms with van der Waals surface area (Å²) < 4.78 is 0. The quantitative estimate of drug-likeness (QED) is 0.687. The third kappa shape index (κ3) is 2.24. The summed E-state index contributed by atoms with van der Waals surface area (Å²) in [5.74, 6) is 0.802. The van der Waals surface area contributed by atoms with Crippen LogP contribution in [-0.2, 0) is 11.4 Å². The van der Waals surface area contributed by atoms with E-state index in [0.717, 1.165) is 17.9 Å². The van der Waals surface area contributed by atoms with Gasteiger partial charge in [-0.3, -0.25) is 4.79 Å². The largest absolute Gasteiger partial charge is 0.392 e. The van der Waals surface area contributed by atoms with Gasteiger partial charge in [0.2, 0.25) is 5.91 Å². The maximum Gasteiger partial charge on any atom is 0.239 e. The molecule has 80 valence electrons. The predicted molar refractivity (Wildman–Crippen MR) is 55.4 cm³/mol. The molecule has 15 heavy (non-hydrogen) atoms. The van der Waals surface area contributed by atoms with Crippen LogP contribution in [0.15, 0.2) is 18.3 Å². The minimum absolute atomic E-state index is 0.00618. The summed E-state index contributed by atoms with van der Waals surface area (Å²) in [6.45, 7) is 1.78. The zero-order valence-electron chi connectivity index (χ0n) is 8.31. The van der Waals surface area contributed by atoms with Crippen LogP contribution in [-0.4, -0.2) is 35.6 Å². The van der Waals surface area contributed by atoms with Crippen LogP contribution in [0, 0.1) is 0 Å². The molecule has 0 bridgehead atoms. The Hall–Kier alpha value is -1.62. The molecule has 5 nitrogen and oxygen atoms in total. The van der Waals surface area contributed by atoms with Gasteiger partial charge in [0, 0.05) is 19.3 Å². The summed E-state index contributed by atoms with van der Waals surface area (Å²) in [7, 11) is 0. The van der Waals surface area contributed by atoms with Gasteiger partial charge >= 0.3 is 0 Å². The number of aromatic nitrogens is 1. The number of nitrogens with one attached hydrogen (secondary N) is 1. The normalized spacial score (nSPS) is 16.3. The second kappa shape index (κ2) is 4.27. The lowest BCUT2D eigenvalue weighted by molar-refractivity contribution is -0.120. The highest BCUT2D eigenvalue weighted by Crippen LogP contribution is 2.11. The SMILES string of the molecule is O=C1CN(c2ccc(CO)cn2)CCN1. The third-order valence-electron chi connectivity index (χ3n) is 2.35. The van der Waals surface area contributed by atoms with Crippen LogP contribution >= 0.6 is 0 Å². The minimum atomic E-state index is -0.00618. The molecule has 1 aliphatic heterocycles. The summed E-state index contributed by atoms with van der Waals surface area (Å²) in [5, 5.41) is 11.6. The van der Waals surface area contributed by atoms with Gasteiger partial charge < -0.3 is 15.3 Å².